The second-order valence-corrected chi connectivity index (χ2v) is 5.65. The first-order chi connectivity index (χ1) is 9.76. The average molecular weight is 285 g/mol. The smallest absolute Gasteiger partial charge is 0.169 e. The van der Waals surface area contributed by atoms with Gasteiger partial charge in [0.25, 0.3) is 0 Å². The number of rotatable bonds is 4. The van der Waals surface area contributed by atoms with Gasteiger partial charge in [-0.2, -0.15) is 0 Å². The van der Waals surface area contributed by atoms with Crippen molar-refractivity contribution in [3.05, 3.63) is 47.1 Å². The molecule has 0 saturated carbocycles. The number of nitrogens with one attached hydrogen (secondary N) is 1. The maximum Gasteiger partial charge on any atom is 0.169 e. The molecule has 0 amide bonds. The van der Waals surface area contributed by atoms with Crippen LogP contribution in [0.15, 0.2) is 36.4 Å². The Kier molecular flexibility index (Phi) is 3.52. The Morgan fingerprint density at radius 2 is 2.00 bits per heavy atom. The van der Waals surface area contributed by atoms with E-state index in [-0.39, 0.29) is 0 Å². The second kappa shape index (κ2) is 5.46. The van der Waals surface area contributed by atoms with Crippen LogP contribution in [0.4, 0.5) is 5.82 Å². The van der Waals surface area contributed by atoms with E-state index < -0.39 is 0 Å². The zero-order valence-electron chi connectivity index (χ0n) is 11.4. The summed E-state index contributed by atoms with van der Waals surface area (Å²) in [6.07, 6.45) is 0. The standard InChI is InChI=1S/C15H15N3OS/c1-10-8-12-14(16-2)17-13(18-15(12)20-10)9-19-11-6-4-3-5-7-11/h3-8H,9H2,1-2H3,(H,16,17,18). The quantitative estimate of drug-likeness (QED) is 0.795. The van der Waals surface area contributed by atoms with Crippen LogP contribution in [0, 0.1) is 6.92 Å². The Labute approximate surface area is 121 Å². The van der Waals surface area contributed by atoms with Crippen LogP contribution in [-0.2, 0) is 6.61 Å². The minimum Gasteiger partial charge on any atom is -0.486 e. The number of fused-ring (bicyclic) bond motifs is 1. The molecule has 2 aromatic heterocycles. The largest absolute Gasteiger partial charge is 0.486 e. The first-order valence-electron chi connectivity index (χ1n) is 6.39. The SMILES string of the molecule is CNc1nc(COc2ccccc2)nc2sc(C)cc12. The van der Waals surface area contributed by atoms with E-state index in [2.05, 4.69) is 28.3 Å². The van der Waals surface area contributed by atoms with Gasteiger partial charge in [0.05, 0.1) is 5.39 Å². The first kappa shape index (κ1) is 12.9. The minimum atomic E-state index is 0.367. The molecule has 0 spiro atoms. The summed E-state index contributed by atoms with van der Waals surface area (Å²) in [6, 6.07) is 11.8. The number of aromatic nitrogens is 2. The molecule has 0 bridgehead atoms. The number of aryl methyl sites for hydroxylation is 1. The summed E-state index contributed by atoms with van der Waals surface area (Å²) < 4.78 is 5.70. The van der Waals surface area contributed by atoms with Gasteiger partial charge in [0.15, 0.2) is 5.82 Å². The van der Waals surface area contributed by atoms with E-state index in [1.54, 1.807) is 11.3 Å². The monoisotopic (exact) mass is 285 g/mol. The van der Waals surface area contributed by atoms with Crippen molar-refractivity contribution in [3.63, 3.8) is 0 Å². The molecule has 102 valence electrons. The number of benzene rings is 1. The molecule has 20 heavy (non-hydrogen) atoms. The van der Waals surface area contributed by atoms with Crippen molar-refractivity contribution >= 4 is 27.4 Å². The molecule has 1 N–H and O–H groups in total. The molecule has 1 aromatic carbocycles. The van der Waals surface area contributed by atoms with Gasteiger partial charge in [-0.25, -0.2) is 9.97 Å². The molecule has 0 saturated heterocycles. The first-order valence-corrected chi connectivity index (χ1v) is 7.20. The highest BCUT2D eigenvalue weighted by atomic mass is 32.1. The van der Waals surface area contributed by atoms with Crippen LogP contribution in [0.1, 0.15) is 10.7 Å². The predicted molar refractivity (Wildman–Crippen MR) is 82.5 cm³/mol. The number of para-hydroxylation sites is 1. The number of thiophene rings is 1. The highest BCUT2D eigenvalue weighted by molar-refractivity contribution is 7.18. The number of anilines is 1. The van der Waals surface area contributed by atoms with Crippen LogP contribution < -0.4 is 10.1 Å². The molecule has 0 radical (unpaired) electrons. The summed E-state index contributed by atoms with van der Waals surface area (Å²) in [5.74, 6) is 2.36. The highest BCUT2D eigenvalue weighted by Crippen LogP contribution is 2.28. The lowest BCUT2D eigenvalue weighted by atomic mass is 10.3. The summed E-state index contributed by atoms with van der Waals surface area (Å²) in [4.78, 5) is 11.3. The van der Waals surface area contributed by atoms with Crippen molar-refractivity contribution < 1.29 is 4.74 Å². The fourth-order valence-corrected chi connectivity index (χ4v) is 2.90. The summed E-state index contributed by atoms with van der Waals surface area (Å²) in [5.41, 5.74) is 0. The normalized spacial score (nSPS) is 10.7. The summed E-state index contributed by atoms with van der Waals surface area (Å²) in [5, 5.41) is 4.19. The van der Waals surface area contributed by atoms with Gasteiger partial charge < -0.3 is 10.1 Å². The molecular weight excluding hydrogens is 270 g/mol. The van der Waals surface area contributed by atoms with Crippen LogP contribution in [0.3, 0.4) is 0 Å². The lowest BCUT2D eigenvalue weighted by Gasteiger charge is -2.07. The molecule has 0 unspecified atom stereocenters. The van der Waals surface area contributed by atoms with Crippen LogP contribution >= 0.6 is 11.3 Å². The summed E-state index contributed by atoms with van der Waals surface area (Å²) in [7, 11) is 1.87. The van der Waals surface area contributed by atoms with Crippen LogP contribution in [0.5, 0.6) is 5.75 Å². The lowest BCUT2D eigenvalue weighted by molar-refractivity contribution is 0.296. The number of nitrogens with zero attached hydrogens (tertiary/aromatic N) is 2. The Morgan fingerprint density at radius 1 is 1.20 bits per heavy atom. The van der Waals surface area contributed by atoms with E-state index in [0.717, 1.165) is 21.8 Å². The Balaban J connectivity index is 1.88. The van der Waals surface area contributed by atoms with Crippen molar-refractivity contribution in [1.82, 2.24) is 9.97 Å². The molecular formula is C15H15N3OS. The lowest BCUT2D eigenvalue weighted by Crippen LogP contribution is -2.04. The van der Waals surface area contributed by atoms with Gasteiger partial charge in [-0.15, -0.1) is 11.3 Å². The zero-order valence-corrected chi connectivity index (χ0v) is 12.2. The second-order valence-electron chi connectivity index (χ2n) is 4.42. The van der Waals surface area contributed by atoms with Crippen molar-refractivity contribution in [2.45, 2.75) is 13.5 Å². The van der Waals surface area contributed by atoms with Crippen molar-refractivity contribution in [2.24, 2.45) is 0 Å². The van der Waals surface area contributed by atoms with E-state index in [9.17, 15) is 0 Å². The van der Waals surface area contributed by atoms with Gasteiger partial charge in [-0.3, -0.25) is 0 Å². The van der Waals surface area contributed by atoms with Gasteiger partial charge in [0.1, 0.15) is 23.0 Å². The van der Waals surface area contributed by atoms with E-state index >= 15 is 0 Å². The zero-order chi connectivity index (χ0) is 13.9. The predicted octanol–water partition coefficient (Wildman–Crippen LogP) is 3.62. The molecule has 0 atom stereocenters. The molecule has 3 rings (SSSR count). The third-order valence-corrected chi connectivity index (χ3v) is 3.85. The number of hydrogen-bond acceptors (Lipinski definition) is 5. The fraction of sp³-hybridized carbons (Fsp3) is 0.200. The molecule has 0 fully saturated rings. The Bertz CT molecular complexity index is 725. The third kappa shape index (κ3) is 2.58. The molecule has 4 nitrogen and oxygen atoms in total. The van der Waals surface area contributed by atoms with Gasteiger partial charge >= 0.3 is 0 Å². The summed E-state index contributed by atoms with van der Waals surface area (Å²) >= 11 is 1.67. The third-order valence-electron chi connectivity index (χ3n) is 2.91. The Hall–Kier alpha value is -2.14. The van der Waals surface area contributed by atoms with Crippen molar-refractivity contribution in [2.75, 3.05) is 12.4 Å². The van der Waals surface area contributed by atoms with Gasteiger partial charge in [-0.1, -0.05) is 18.2 Å². The van der Waals surface area contributed by atoms with Crippen LogP contribution in [0.25, 0.3) is 10.2 Å². The minimum absolute atomic E-state index is 0.367. The van der Waals surface area contributed by atoms with E-state index in [1.165, 1.54) is 4.88 Å². The molecule has 5 heteroatoms. The maximum atomic E-state index is 5.70. The molecule has 0 aliphatic carbocycles. The van der Waals surface area contributed by atoms with E-state index in [4.69, 9.17) is 4.74 Å². The van der Waals surface area contributed by atoms with Gasteiger partial charge in [-0.05, 0) is 25.1 Å². The van der Waals surface area contributed by atoms with Crippen molar-refractivity contribution in [3.8, 4) is 5.75 Å². The Morgan fingerprint density at radius 3 is 2.75 bits per heavy atom. The average Bonchev–Trinajstić information content (AvgIpc) is 2.85. The molecule has 0 aliphatic heterocycles. The number of ether oxygens (including phenoxy) is 1. The van der Waals surface area contributed by atoms with Crippen LogP contribution in [-0.4, -0.2) is 17.0 Å². The number of hydrogen-bond donors (Lipinski definition) is 1. The maximum absolute atomic E-state index is 5.70. The van der Waals surface area contributed by atoms with Gasteiger partial charge in [0.2, 0.25) is 0 Å². The molecule has 2 heterocycles. The highest BCUT2D eigenvalue weighted by Gasteiger charge is 2.09. The van der Waals surface area contributed by atoms with E-state index in [0.29, 0.717) is 12.4 Å². The topological polar surface area (TPSA) is 47.0 Å². The van der Waals surface area contributed by atoms with Gasteiger partial charge in [0, 0.05) is 11.9 Å². The fourth-order valence-electron chi connectivity index (χ4n) is 2.01. The molecule has 0 aliphatic rings. The van der Waals surface area contributed by atoms with Crippen molar-refractivity contribution in [1.29, 1.82) is 0 Å². The van der Waals surface area contributed by atoms with Crippen LogP contribution in [0.2, 0.25) is 0 Å². The molecule has 3 aromatic rings. The summed E-state index contributed by atoms with van der Waals surface area (Å²) in [6.45, 7) is 2.44. The van der Waals surface area contributed by atoms with E-state index in [1.807, 2.05) is 37.4 Å².